The maximum Gasteiger partial charge on any atom is 0.414 e. The van der Waals surface area contributed by atoms with Crippen molar-refractivity contribution in [3.05, 3.63) is 107 Å². The van der Waals surface area contributed by atoms with Crippen LogP contribution in [0.1, 0.15) is 22.0 Å². The number of imide groups is 1. The van der Waals surface area contributed by atoms with Crippen LogP contribution in [-0.2, 0) is 9.53 Å². The first-order valence-electron chi connectivity index (χ1n) is 10.0. The number of carboxylic acid groups (broad SMARTS) is 1. The molecule has 0 spiro atoms. The third kappa shape index (κ3) is 6.94. The second-order valence-electron chi connectivity index (χ2n) is 6.94. The number of phenolic OH excluding ortho intramolecular Hbond substituents is 1. The summed E-state index contributed by atoms with van der Waals surface area (Å²) in [5.74, 6) is -1.79. The number of alkyl carbamates (subject to hydrolysis) is 1. The molecule has 0 aromatic heterocycles. The van der Waals surface area contributed by atoms with Crippen molar-refractivity contribution in [1.82, 2.24) is 5.32 Å². The number of hydrogen-bond acceptors (Lipinski definition) is 6. The van der Waals surface area contributed by atoms with Crippen LogP contribution in [0.2, 0.25) is 0 Å². The van der Waals surface area contributed by atoms with Crippen LogP contribution in [0.3, 0.4) is 0 Å². The standard InChI is InChI=1S/C25H20BrNO7/c26-17-11-12-20(28)19(15-17)23(34-25(32)27-24(31)16-7-3-1-4-8-16)21(13-14-22(29)30)33-18-9-5-2-6-10-18/h1-15,21,23,28H,(H,29,30)(H,27,31,32)/b14-13+/t21-,23-/m0/s1. The number of aliphatic carboxylic acids is 1. The van der Waals surface area contributed by atoms with E-state index in [1.165, 1.54) is 30.3 Å². The number of nitrogens with one attached hydrogen (secondary N) is 1. The minimum atomic E-state index is -1.32. The second-order valence-corrected chi connectivity index (χ2v) is 7.86. The van der Waals surface area contributed by atoms with E-state index in [1.54, 1.807) is 54.6 Å². The molecule has 0 unspecified atom stereocenters. The highest BCUT2D eigenvalue weighted by molar-refractivity contribution is 9.10. The summed E-state index contributed by atoms with van der Waals surface area (Å²) < 4.78 is 12.0. The predicted octanol–water partition coefficient (Wildman–Crippen LogP) is 4.85. The summed E-state index contributed by atoms with van der Waals surface area (Å²) in [6.45, 7) is 0. The Morgan fingerprint density at radius 2 is 1.59 bits per heavy atom. The number of carboxylic acids is 1. The maximum absolute atomic E-state index is 12.7. The average molecular weight is 526 g/mol. The number of phenols is 1. The van der Waals surface area contributed by atoms with E-state index in [0.717, 1.165) is 6.08 Å². The minimum absolute atomic E-state index is 0.132. The lowest BCUT2D eigenvalue weighted by Crippen LogP contribution is -2.36. The first-order valence-corrected chi connectivity index (χ1v) is 10.8. The van der Waals surface area contributed by atoms with Crippen LogP contribution in [0, 0.1) is 0 Å². The molecular weight excluding hydrogens is 506 g/mol. The van der Waals surface area contributed by atoms with Crippen molar-refractivity contribution in [2.24, 2.45) is 0 Å². The Morgan fingerprint density at radius 3 is 2.24 bits per heavy atom. The van der Waals surface area contributed by atoms with Crippen LogP contribution >= 0.6 is 15.9 Å². The zero-order valence-corrected chi connectivity index (χ0v) is 19.2. The predicted molar refractivity (Wildman–Crippen MR) is 127 cm³/mol. The number of carbonyl (C=O) groups excluding carboxylic acids is 2. The Morgan fingerprint density at radius 1 is 0.941 bits per heavy atom. The average Bonchev–Trinajstić information content (AvgIpc) is 2.83. The van der Waals surface area contributed by atoms with Crippen molar-refractivity contribution >= 4 is 33.9 Å². The summed E-state index contributed by atoms with van der Waals surface area (Å²) in [4.78, 5) is 36.2. The molecule has 3 rings (SSSR count). The number of halogens is 1. The summed E-state index contributed by atoms with van der Waals surface area (Å²) in [7, 11) is 0. The number of rotatable bonds is 8. The second kappa shape index (κ2) is 11.7. The molecule has 8 nitrogen and oxygen atoms in total. The van der Waals surface area contributed by atoms with Gasteiger partial charge in [-0.25, -0.2) is 9.59 Å². The van der Waals surface area contributed by atoms with E-state index in [1.807, 2.05) is 0 Å². The fraction of sp³-hybridized carbons (Fsp3) is 0.0800. The highest BCUT2D eigenvalue weighted by Gasteiger charge is 2.31. The normalized spacial score (nSPS) is 12.5. The first kappa shape index (κ1) is 24.5. The Balaban J connectivity index is 1.95. The van der Waals surface area contributed by atoms with Gasteiger partial charge in [0.15, 0.2) is 12.2 Å². The SMILES string of the molecule is O=C(O)/C=C/[C@H](Oc1ccccc1)[C@@H](OC(=O)NC(=O)c1ccccc1)c1cc(Br)ccc1O. The van der Waals surface area contributed by atoms with Gasteiger partial charge in [0.05, 0.1) is 0 Å². The number of aromatic hydroxyl groups is 1. The number of para-hydroxylation sites is 1. The maximum atomic E-state index is 12.7. The summed E-state index contributed by atoms with van der Waals surface area (Å²) in [5, 5.41) is 21.7. The van der Waals surface area contributed by atoms with E-state index < -0.39 is 30.2 Å². The lowest BCUT2D eigenvalue weighted by Gasteiger charge is -2.26. The van der Waals surface area contributed by atoms with Gasteiger partial charge in [-0.3, -0.25) is 10.1 Å². The van der Waals surface area contributed by atoms with Crippen molar-refractivity contribution in [2.45, 2.75) is 12.2 Å². The van der Waals surface area contributed by atoms with Gasteiger partial charge in [-0.1, -0.05) is 52.3 Å². The van der Waals surface area contributed by atoms with Gasteiger partial charge in [-0.2, -0.15) is 0 Å². The molecular formula is C25H20BrNO7. The van der Waals surface area contributed by atoms with E-state index in [9.17, 15) is 19.5 Å². The molecule has 3 N–H and O–H groups in total. The zero-order chi connectivity index (χ0) is 24.5. The topological polar surface area (TPSA) is 122 Å². The van der Waals surface area contributed by atoms with E-state index in [-0.39, 0.29) is 16.9 Å². The van der Waals surface area contributed by atoms with Crippen LogP contribution in [-0.4, -0.2) is 34.3 Å². The molecule has 2 atom stereocenters. The van der Waals surface area contributed by atoms with Gasteiger partial charge in [0.2, 0.25) is 0 Å². The number of amides is 2. The fourth-order valence-electron chi connectivity index (χ4n) is 3.00. The van der Waals surface area contributed by atoms with Gasteiger partial charge in [0.25, 0.3) is 5.91 Å². The number of hydrogen-bond donors (Lipinski definition) is 3. The molecule has 0 aliphatic heterocycles. The molecule has 34 heavy (non-hydrogen) atoms. The van der Waals surface area contributed by atoms with E-state index >= 15 is 0 Å². The molecule has 0 radical (unpaired) electrons. The van der Waals surface area contributed by atoms with Gasteiger partial charge in [0, 0.05) is 21.7 Å². The van der Waals surface area contributed by atoms with Crippen LogP contribution in [0.25, 0.3) is 0 Å². The Hall–Kier alpha value is -4.11. The van der Waals surface area contributed by atoms with Crippen molar-refractivity contribution in [2.75, 3.05) is 0 Å². The molecule has 9 heteroatoms. The summed E-state index contributed by atoms with van der Waals surface area (Å²) in [6.07, 6.45) is -1.57. The Labute approximate surface area is 203 Å². The summed E-state index contributed by atoms with van der Waals surface area (Å²) in [5.41, 5.74) is 0.372. The molecule has 0 aliphatic rings. The number of benzene rings is 3. The van der Waals surface area contributed by atoms with Crippen molar-refractivity contribution in [1.29, 1.82) is 0 Å². The summed E-state index contributed by atoms with van der Waals surface area (Å²) >= 11 is 3.31. The first-order chi connectivity index (χ1) is 16.3. The lowest BCUT2D eigenvalue weighted by molar-refractivity contribution is -0.131. The Kier molecular flexibility index (Phi) is 8.42. The molecule has 2 amide bonds. The smallest absolute Gasteiger partial charge is 0.414 e. The monoisotopic (exact) mass is 525 g/mol. The summed E-state index contributed by atoms with van der Waals surface area (Å²) in [6, 6.07) is 21.0. The van der Waals surface area contributed by atoms with E-state index in [2.05, 4.69) is 21.2 Å². The quantitative estimate of drug-likeness (QED) is 0.359. The van der Waals surface area contributed by atoms with Crippen LogP contribution in [0.15, 0.2) is 95.5 Å². The molecule has 0 saturated heterocycles. The van der Waals surface area contributed by atoms with Gasteiger partial charge >= 0.3 is 12.1 Å². The van der Waals surface area contributed by atoms with Crippen molar-refractivity contribution < 1.29 is 34.1 Å². The van der Waals surface area contributed by atoms with Crippen molar-refractivity contribution in [3.63, 3.8) is 0 Å². The number of ether oxygens (including phenoxy) is 2. The number of carbonyl (C=O) groups is 3. The van der Waals surface area contributed by atoms with Crippen LogP contribution in [0.5, 0.6) is 11.5 Å². The third-order valence-electron chi connectivity index (χ3n) is 4.52. The zero-order valence-electron chi connectivity index (χ0n) is 17.6. The Bertz CT molecular complexity index is 1180. The molecule has 0 saturated carbocycles. The van der Waals surface area contributed by atoms with Gasteiger partial charge in [0.1, 0.15) is 11.5 Å². The van der Waals surface area contributed by atoms with Crippen molar-refractivity contribution in [3.8, 4) is 11.5 Å². The van der Waals surface area contributed by atoms with Gasteiger partial charge < -0.3 is 19.7 Å². The molecule has 0 fully saturated rings. The molecule has 3 aromatic rings. The molecule has 0 heterocycles. The molecule has 0 aliphatic carbocycles. The molecule has 174 valence electrons. The van der Waals surface area contributed by atoms with Gasteiger partial charge in [-0.15, -0.1) is 0 Å². The third-order valence-corrected chi connectivity index (χ3v) is 5.02. The molecule has 3 aromatic carbocycles. The fourth-order valence-corrected chi connectivity index (χ4v) is 3.37. The van der Waals surface area contributed by atoms with E-state index in [4.69, 9.17) is 14.6 Å². The highest BCUT2D eigenvalue weighted by atomic mass is 79.9. The van der Waals surface area contributed by atoms with Crippen LogP contribution < -0.4 is 10.1 Å². The van der Waals surface area contributed by atoms with Crippen LogP contribution in [0.4, 0.5) is 4.79 Å². The minimum Gasteiger partial charge on any atom is -0.508 e. The lowest BCUT2D eigenvalue weighted by atomic mass is 10.0. The highest BCUT2D eigenvalue weighted by Crippen LogP contribution is 2.34. The largest absolute Gasteiger partial charge is 0.508 e. The van der Waals surface area contributed by atoms with E-state index in [0.29, 0.717) is 10.2 Å². The van der Waals surface area contributed by atoms with Gasteiger partial charge in [-0.05, 0) is 48.5 Å². The molecule has 0 bridgehead atoms.